The summed E-state index contributed by atoms with van der Waals surface area (Å²) < 4.78 is 26.3. The van der Waals surface area contributed by atoms with Crippen LogP contribution in [0.2, 0.25) is 0 Å². The number of rotatable bonds is 7. The van der Waals surface area contributed by atoms with Crippen LogP contribution in [0.3, 0.4) is 0 Å². The Morgan fingerprint density at radius 3 is 2.14 bits per heavy atom. The topological polar surface area (TPSA) is 113 Å². The Morgan fingerprint density at radius 1 is 1.18 bits per heavy atom. The maximum absolute atomic E-state index is 12.0. The summed E-state index contributed by atoms with van der Waals surface area (Å²) in [5.41, 5.74) is 0.884. The molecule has 0 saturated carbocycles. The van der Waals surface area contributed by atoms with Crippen molar-refractivity contribution >= 4 is 21.9 Å². The molecule has 0 aliphatic rings. The third-order valence-electron chi connectivity index (χ3n) is 3.04. The van der Waals surface area contributed by atoms with Crippen LogP contribution in [-0.4, -0.2) is 38.5 Å². The minimum Gasteiger partial charge on any atom is -0.480 e. The molecule has 0 aliphatic heterocycles. The van der Waals surface area contributed by atoms with E-state index in [1.807, 2.05) is 0 Å². The van der Waals surface area contributed by atoms with Crippen molar-refractivity contribution in [1.29, 1.82) is 0 Å². The Bertz CT molecular complexity index is 638. The van der Waals surface area contributed by atoms with E-state index < -0.39 is 22.0 Å². The Hall–Kier alpha value is -1.93. The first kappa shape index (κ1) is 18.1. The van der Waals surface area contributed by atoms with Crippen molar-refractivity contribution < 1.29 is 23.1 Å². The average Bonchev–Trinajstić information content (AvgIpc) is 2.44. The van der Waals surface area contributed by atoms with Gasteiger partial charge in [0.2, 0.25) is 10.0 Å². The number of aliphatic carboxylic acids is 1. The van der Waals surface area contributed by atoms with Crippen LogP contribution in [0.25, 0.3) is 0 Å². The van der Waals surface area contributed by atoms with Crippen LogP contribution < -0.4 is 10.0 Å². The van der Waals surface area contributed by atoms with Gasteiger partial charge in [-0.25, -0.2) is 13.1 Å². The molecule has 1 rings (SSSR count). The van der Waals surface area contributed by atoms with Gasteiger partial charge in [-0.05, 0) is 23.6 Å². The van der Waals surface area contributed by atoms with Crippen LogP contribution >= 0.6 is 0 Å². The maximum atomic E-state index is 12.0. The normalized spacial score (nSPS) is 12.9. The summed E-state index contributed by atoms with van der Waals surface area (Å²) in [6, 6.07) is 4.90. The van der Waals surface area contributed by atoms with Gasteiger partial charge in [0.1, 0.15) is 6.04 Å². The number of amides is 1. The fraction of sp³-hybridized carbons (Fsp3) is 0.429. The van der Waals surface area contributed by atoms with E-state index in [4.69, 9.17) is 5.11 Å². The highest BCUT2D eigenvalue weighted by molar-refractivity contribution is 7.88. The number of carbonyl (C=O) groups excluding carboxylic acids is 1. The Balaban J connectivity index is 2.84. The fourth-order valence-corrected chi connectivity index (χ4v) is 3.30. The average molecular weight is 328 g/mol. The van der Waals surface area contributed by atoms with Crippen molar-refractivity contribution in [2.75, 3.05) is 7.05 Å². The summed E-state index contributed by atoms with van der Waals surface area (Å²) in [7, 11) is -2.29. The van der Waals surface area contributed by atoms with Gasteiger partial charge in [-0.1, -0.05) is 26.0 Å². The molecule has 7 nitrogen and oxygen atoms in total. The standard InChI is InChI=1S/C14H20N2O5S/c1-9(2)12(14(18)19)16-22(20,21)8-10-4-6-11(7-5-10)13(17)15-3/h4-7,9,12,16H,8H2,1-3H3,(H,15,17)(H,18,19). The van der Waals surface area contributed by atoms with E-state index in [0.29, 0.717) is 11.1 Å². The minimum atomic E-state index is -3.79. The second-order valence-electron chi connectivity index (χ2n) is 5.21. The number of carboxylic acids is 1. The lowest BCUT2D eigenvalue weighted by molar-refractivity contribution is -0.140. The van der Waals surface area contributed by atoms with Gasteiger partial charge in [-0.2, -0.15) is 0 Å². The Morgan fingerprint density at radius 2 is 1.73 bits per heavy atom. The zero-order valence-corrected chi connectivity index (χ0v) is 13.5. The van der Waals surface area contributed by atoms with Crippen LogP contribution in [0.4, 0.5) is 0 Å². The molecule has 0 aromatic heterocycles. The first-order chi connectivity index (χ1) is 10.2. The molecule has 0 aliphatic carbocycles. The summed E-state index contributed by atoms with van der Waals surface area (Å²) in [5, 5.41) is 11.5. The predicted molar refractivity (Wildman–Crippen MR) is 81.9 cm³/mol. The second-order valence-corrected chi connectivity index (χ2v) is 6.97. The van der Waals surface area contributed by atoms with Crippen LogP contribution in [0.5, 0.6) is 0 Å². The fourth-order valence-electron chi connectivity index (χ4n) is 1.82. The third-order valence-corrected chi connectivity index (χ3v) is 4.37. The third kappa shape index (κ3) is 5.12. The lowest BCUT2D eigenvalue weighted by Gasteiger charge is -2.18. The van der Waals surface area contributed by atoms with E-state index in [9.17, 15) is 18.0 Å². The van der Waals surface area contributed by atoms with Gasteiger partial charge in [0.05, 0.1) is 5.75 Å². The molecule has 0 bridgehead atoms. The van der Waals surface area contributed by atoms with E-state index in [1.165, 1.54) is 31.3 Å². The molecular weight excluding hydrogens is 308 g/mol. The van der Waals surface area contributed by atoms with E-state index in [1.54, 1.807) is 13.8 Å². The van der Waals surface area contributed by atoms with E-state index in [2.05, 4.69) is 10.0 Å². The Labute approximate surface area is 129 Å². The molecule has 22 heavy (non-hydrogen) atoms. The molecule has 8 heteroatoms. The molecular formula is C14H20N2O5S. The zero-order valence-electron chi connectivity index (χ0n) is 12.7. The number of carboxylic acid groups (broad SMARTS) is 1. The highest BCUT2D eigenvalue weighted by atomic mass is 32.2. The van der Waals surface area contributed by atoms with Gasteiger partial charge in [0.15, 0.2) is 0 Å². The van der Waals surface area contributed by atoms with Crippen LogP contribution in [0, 0.1) is 5.92 Å². The van der Waals surface area contributed by atoms with Gasteiger partial charge < -0.3 is 10.4 Å². The molecule has 1 aromatic carbocycles. The van der Waals surface area contributed by atoms with Crippen molar-refractivity contribution in [1.82, 2.24) is 10.0 Å². The number of nitrogens with one attached hydrogen (secondary N) is 2. The molecule has 1 aromatic rings. The molecule has 0 heterocycles. The van der Waals surface area contributed by atoms with Crippen LogP contribution in [0.1, 0.15) is 29.8 Å². The summed E-state index contributed by atoms with van der Waals surface area (Å²) in [6.45, 7) is 3.25. The highest BCUT2D eigenvalue weighted by Crippen LogP contribution is 2.10. The molecule has 1 amide bonds. The second kappa shape index (κ2) is 7.37. The minimum absolute atomic E-state index is 0.265. The largest absolute Gasteiger partial charge is 0.480 e. The van der Waals surface area contributed by atoms with Crippen molar-refractivity contribution in [3.05, 3.63) is 35.4 Å². The van der Waals surface area contributed by atoms with Crippen LogP contribution in [-0.2, 0) is 20.6 Å². The molecule has 0 fully saturated rings. The number of sulfonamides is 1. The molecule has 1 atom stereocenters. The zero-order chi connectivity index (χ0) is 16.9. The summed E-state index contributed by atoms with van der Waals surface area (Å²) in [5.74, 6) is -2.20. The molecule has 122 valence electrons. The van der Waals surface area contributed by atoms with Crippen molar-refractivity contribution in [2.45, 2.75) is 25.6 Å². The molecule has 3 N–H and O–H groups in total. The number of hydrogen-bond acceptors (Lipinski definition) is 4. The predicted octanol–water partition coefficient (Wildman–Crippen LogP) is 0.575. The van der Waals surface area contributed by atoms with Gasteiger partial charge >= 0.3 is 5.97 Å². The number of hydrogen-bond donors (Lipinski definition) is 3. The van der Waals surface area contributed by atoms with Crippen molar-refractivity contribution in [3.8, 4) is 0 Å². The highest BCUT2D eigenvalue weighted by Gasteiger charge is 2.27. The Kier molecular flexibility index (Phi) is 6.07. The number of benzene rings is 1. The lowest BCUT2D eigenvalue weighted by atomic mass is 10.1. The summed E-state index contributed by atoms with van der Waals surface area (Å²) in [6.07, 6.45) is 0. The van der Waals surface area contributed by atoms with Gasteiger partial charge in [0.25, 0.3) is 5.91 Å². The van der Waals surface area contributed by atoms with E-state index >= 15 is 0 Å². The first-order valence-corrected chi connectivity index (χ1v) is 8.35. The quantitative estimate of drug-likeness (QED) is 0.677. The molecule has 0 radical (unpaired) electrons. The van der Waals surface area contributed by atoms with Gasteiger partial charge in [0, 0.05) is 12.6 Å². The summed E-state index contributed by atoms with van der Waals surface area (Å²) in [4.78, 5) is 22.5. The van der Waals surface area contributed by atoms with E-state index in [0.717, 1.165) is 0 Å². The smallest absolute Gasteiger partial charge is 0.321 e. The lowest BCUT2D eigenvalue weighted by Crippen LogP contribution is -2.44. The molecule has 0 saturated heterocycles. The SMILES string of the molecule is CNC(=O)c1ccc(CS(=O)(=O)NC(C(=O)O)C(C)C)cc1. The molecule has 0 spiro atoms. The monoisotopic (exact) mass is 328 g/mol. The van der Waals surface area contributed by atoms with E-state index in [-0.39, 0.29) is 17.6 Å². The van der Waals surface area contributed by atoms with Gasteiger partial charge in [-0.3, -0.25) is 9.59 Å². The maximum Gasteiger partial charge on any atom is 0.321 e. The van der Waals surface area contributed by atoms with Crippen molar-refractivity contribution in [2.24, 2.45) is 5.92 Å². The molecule has 1 unspecified atom stereocenters. The number of carbonyl (C=O) groups is 2. The van der Waals surface area contributed by atoms with Crippen molar-refractivity contribution in [3.63, 3.8) is 0 Å². The van der Waals surface area contributed by atoms with Crippen LogP contribution in [0.15, 0.2) is 24.3 Å². The first-order valence-electron chi connectivity index (χ1n) is 6.70. The summed E-state index contributed by atoms with van der Waals surface area (Å²) >= 11 is 0. The van der Waals surface area contributed by atoms with Gasteiger partial charge in [-0.15, -0.1) is 0 Å².